The van der Waals surface area contributed by atoms with E-state index in [2.05, 4.69) is 24.4 Å². The molecule has 1 N–H and O–H groups in total. The van der Waals surface area contributed by atoms with E-state index in [0.717, 1.165) is 59.5 Å². The van der Waals surface area contributed by atoms with Crippen LogP contribution in [0.4, 0.5) is 0 Å². The maximum Gasteiger partial charge on any atom is 0.254 e. The number of nitrogens with one attached hydrogen (secondary N) is 1. The molecule has 3 aromatic rings. The number of pyridine rings is 1. The van der Waals surface area contributed by atoms with Gasteiger partial charge in [0.05, 0.1) is 16.2 Å². The van der Waals surface area contributed by atoms with Gasteiger partial charge in [-0.3, -0.25) is 4.79 Å². The number of rotatable bonds is 2. The van der Waals surface area contributed by atoms with Crippen molar-refractivity contribution in [2.24, 2.45) is 0 Å². The second-order valence-corrected chi connectivity index (χ2v) is 7.37. The van der Waals surface area contributed by atoms with Gasteiger partial charge in [-0.25, -0.2) is 4.98 Å². The first-order valence-electron chi connectivity index (χ1n) is 9.22. The largest absolute Gasteiger partial charge is 0.336 e. The Labute approximate surface area is 164 Å². The monoisotopic (exact) mass is 379 g/mol. The van der Waals surface area contributed by atoms with E-state index >= 15 is 0 Å². The normalized spacial score (nSPS) is 14.6. The Morgan fingerprint density at radius 3 is 2.59 bits per heavy atom. The van der Waals surface area contributed by atoms with Gasteiger partial charge in [-0.15, -0.1) is 0 Å². The molecule has 1 aromatic heterocycles. The second kappa shape index (κ2) is 7.29. The van der Waals surface area contributed by atoms with Crippen LogP contribution in [0.5, 0.6) is 0 Å². The van der Waals surface area contributed by atoms with Gasteiger partial charge in [0.2, 0.25) is 0 Å². The third-order valence-corrected chi connectivity index (χ3v) is 5.69. The van der Waals surface area contributed by atoms with Gasteiger partial charge in [0.25, 0.3) is 5.91 Å². The standard InChI is InChI=1S/C22H22ClN3O/c1-14-5-3-4-6-17(14)21-15(2)20(23)18-8-7-16(13-19(18)25-21)22(27)26-11-9-24-10-12-26/h3-8,13,24H,9-12H2,1-2H3. The van der Waals surface area contributed by atoms with Gasteiger partial charge in [-0.05, 0) is 37.1 Å². The molecule has 1 aliphatic rings. The van der Waals surface area contributed by atoms with Crippen molar-refractivity contribution in [3.8, 4) is 11.3 Å². The van der Waals surface area contributed by atoms with E-state index in [1.807, 2.05) is 42.2 Å². The number of hydrogen-bond donors (Lipinski definition) is 1. The smallest absolute Gasteiger partial charge is 0.254 e. The highest BCUT2D eigenvalue weighted by molar-refractivity contribution is 6.36. The zero-order chi connectivity index (χ0) is 19.0. The predicted octanol–water partition coefficient (Wildman–Crippen LogP) is 4.22. The molecule has 1 fully saturated rings. The lowest BCUT2D eigenvalue weighted by Crippen LogP contribution is -2.46. The van der Waals surface area contributed by atoms with Gasteiger partial charge >= 0.3 is 0 Å². The lowest BCUT2D eigenvalue weighted by atomic mass is 9.99. The van der Waals surface area contributed by atoms with Crippen LogP contribution in [0.15, 0.2) is 42.5 Å². The molecule has 4 rings (SSSR count). The van der Waals surface area contributed by atoms with Crippen molar-refractivity contribution in [1.82, 2.24) is 15.2 Å². The second-order valence-electron chi connectivity index (χ2n) is 6.99. The van der Waals surface area contributed by atoms with Gasteiger partial charge < -0.3 is 10.2 Å². The summed E-state index contributed by atoms with van der Waals surface area (Å²) < 4.78 is 0. The summed E-state index contributed by atoms with van der Waals surface area (Å²) in [6.07, 6.45) is 0. The van der Waals surface area contributed by atoms with Gasteiger partial charge in [-0.1, -0.05) is 41.9 Å². The van der Waals surface area contributed by atoms with Crippen LogP contribution < -0.4 is 5.32 Å². The molecule has 1 saturated heterocycles. The molecule has 2 heterocycles. The number of benzene rings is 2. The van der Waals surface area contributed by atoms with Crippen molar-refractivity contribution in [2.45, 2.75) is 13.8 Å². The molecule has 0 atom stereocenters. The number of fused-ring (bicyclic) bond motifs is 1. The number of aryl methyl sites for hydroxylation is 1. The molecule has 1 amide bonds. The van der Waals surface area contributed by atoms with Crippen LogP contribution in [0.1, 0.15) is 21.5 Å². The van der Waals surface area contributed by atoms with E-state index in [9.17, 15) is 4.79 Å². The van der Waals surface area contributed by atoms with Crippen molar-refractivity contribution in [3.05, 3.63) is 64.2 Å². The Bertz CT molecular complexity index is 1030. The molecule has 0 unspecified atom stereocenters. The summed E-state index contributed by atoms with van der Waals surface area (Å²) in [5, 5.41) is 4.84. The summed E-state index contributed by atoms with van der Waals surface area (Å²) in [5.74, 6) is 0.0503. The number of halogens is 1. The first-order valence-corrected chi connectivity index (χ1v) is 9.60. The predicted molar refractivity (Wildman–Crippen MR) is 110 cm³/mol. The Morgan fingerprint density at radius 1 is 1.11 bits per heavy atom. The van der Waals surface area contributed by atoms with Crippen molar-refractivity contribution in [1.29, 1.82) is 0 Å². The molecular weight excluding hydrogens is 358 g/mol. The summed E-state index contributed by atoms with van der Waals surface area (Å²) in [5.41, 5.74) is 5.46. The number of nitrogens with zero attached hydrogens (tertiary/aromatic N) is 2. The van der Waals surface area contributed by atoms with Crippen LogP contribution in [0.2, 0.25) is 5.02 Å². The molecule has 0 bridgehead atoms. The van der Waals surface area contributed by atoms with Crippen LogP contribution >= 0.6 is 11.6 Å². The molecular formula is C22H22ClN3O. The number of carbonyl (C=O) groups is 1. The van der Waals surface area contributed by atoms with E-state index < -0.39 is 0 Å². The van der Waals surface area contributed by atoms with Crippen molar-refractivity contribution >= 4 is 28.4 Å². The minimum absolute atomic E-state index is 0.0503. The molecule has 5 heteroatoms. The molecule has 0 radical (unpaired) electrons. The van der Waals surface area contributed by atoms with Gasteiger partial charge in [0.15, 0.2) is 0 Å². The van der Waals surface area contributed by atoms with E-state index in [0.29, 0.717) is 10.6 Å². The summed E-state index contributed by atoms with van der Waals surface area (Å²) >= 11 is 6.67. The minimum atomic E-state index is 0.0503. The van der Waals surface area contributed by atoms with E-state index in [1.165, 1.54) is 0 Å². The molecule has 0 aliphatic carbocycles. The number of carbonyl (C=O) groups excluding carboxylic acids is 1. The summed E-state index contributed by atoms with van der Waals surface area (Å²) in [4.78, 5) is 19.6. The fourth-order valence-corrected chi connectivity index (χ4v) is 3.85. The average Bonchev–Trinajstić information content (AvgIpc) is 2.71. The van der Waals surface area contributed by atoms with E-state index in [-0.39, 0.29) is 5.91 Å². The Balaban J connectivity index is 1.82. The highest BCUT2D eigenvalue weighted by atomic mass is 35.5. The number of aromatic nitrogens is 1. The first-order chi connectivity index (χ1) is 13.1. The van der Waals surface area contributed by atoms with Crippen LogP contribution in [0.25, 0.3) is 22.2 Å². The third-order valence-electron chi connectivity index (χ3n) is 5.20. The Hall–Kier alpha value is -2.43. The average molecular weight is 380 g/mol. The topological polar surface area (TPSA) is 45.2 Å². The Morgan fingerprint density at radius 2 is 1.85 bits per heavy atom. The lowest BCUT2D eigenvalue weighted by molar-refractivity contribution is 0.0736. The zero-order valence-electron chi connectivity index (χ0n) is 15.6. The first kappa shape index (κ1) is 18.0. The third kappa shape index (κ3) is 3.31. The summed E-state index contributed by atoms with van der Waals surface area (Å²) in [6, 6.07) is 13.8. The van der Waals surface area contributed by atoms with Crippen molar-refractivity contribution in [2.75, 3.05) is 26.2 Å². The fraction of sp³-hybridized carbons (Fsp3) is 0.273. The molecule has 27 heavy (non-hydrogen) atoms. The highest BCUT2D eigenvalue weighted by Gasteiger charge is 2.20. The van der Waals surface area contributed by atoms with Crippen LogP contribution in [0.3, 0.4) is 0 Å². The van der Waals surface area contributed by atoms with Crippen LogP contribution in [0, 0.1) is 13.8 Å². The van der Waals surface area contributed by atoms with Crippen molar-refractivity contribution < 1.29 is 4.79 Å². The lowest BCUT2D eigenvalue weighted by Gasteiger charge is -2.27. The van der Waals surface area contributed by atoms with Gasteiger partial charge in [0.1, 0.15) is 0 Å². The number of hydrogen-bond acceptors (Lipinski definition) is 3. The minimum Gasteiger partial charge on any atom is -0.336 e. The zero-order valence-corrected chi connectivity index (χ0v) is 16.3. The van der Waals surface area contributed by atoms with Crippen LogP contribution in [-0.4, -0.2) is 42.0 Å². The number of amides is 1. The quantitative estimate of drug-likeness (QED) is 0.725. The maximum atomic E-state index is 12.8. The van der Waals surface area contributed by atoms with Crippen molar-refractivity contribution in [3.63, 3.8) is 0 Å². The number of piperazine rings is 1. The molecule has 4 nitrogen and oxygen atoms in total. The van der Waals surface area contributed by atoms with Crippen LogP contribution in [-0.2, 0) is 0 Å². The molecule has 138 valence electrons. The highest BCUT2D eigenvalue weighted by Crippen LogP contribution is 2.34. The molecule has 0 saturated carbocycles. The summed E-state index contributed by atoms with van der Waals surface area (Å²) in [6.45, 7) is 7.19. The van der Waals surface area contributed by atoms with Gasteiger partial charge in [0, 0.05) is 42.7 Å². The SMILES string of the molecule is Cc1ccccc1-c1nc2cc(C(=O)N3CCNCC3)ccc2c(Cl)c1C. The van der Waals surface area contributed by atoms with Gasteiger partial charge in [-0.2, -0.15) is 0 Å². The molecule has 0 spiro atoms. The molecule has 1 aliphatic heterocycles. The van der Waals surface area contributed by atoms with E-state index in [1.54, 1.807) is 0 Å². The fourth-order valence-electron chi connectivity index (χ4n) is 3.60. The summed E-state index contributed by atoms with van der Waals surface area (Å²) in [7, 11) is 0. The molecule has 2 aromatic carbocycles. The maximum absolute atomic E-state index is 12.8. The van der Waals surface area contributed by atoms with E-state index in [4.69, 9.17) is 16.6 Å². The Kier molecular flexibility index (Phi) is 4.85.